The first-order chi connectivity index (χ1) is 16.3. The molecule has 9 unspecified atom stereocenters. The third-order valence-corrected chi connectivity index (χ3v) is 13.8. The minimum atomic E-state index is -0.0938. The SMILES string of the molecule is CC(=O)OC1CCC23CC24CCC2(C)C(C(C)C/C=C(\C)C(C)C)CCC2(C)C4CCC3C1(C)C. The minimum Gasteiger partial charge on any atom is -0.462 e. The van der Waals surface area contributed by atoms with E-state index in [1.54, 1.807) is 12.5 Å². The van der Waals surface area contributed by atoms with Crippen LogP contribution in [0.15, 0.2) is 11.6 Å². The van der Waals surface area contributed by atoms with Crippen LogP contribution >= 0.6 is 0 Å². The van der Waals surface area contributed by atoms with Crippen molar-refractivity contribution in [3.05, 3.63) is 11.6 Å². The zero-order valence-electron chi connectivity index (χ0n) is 24.4. The lowest BCUT2D eigenvalue weighted by Crippen LogP contribution is -2.58. The van der Waals surface area contributed by atoms with Crippen LogP contribution in [0.25, 0.3) is 0 Å². The van der Waals surface area contributed by atoms with Gasteiger partial charge in [-0.3, -0.25) is 4.79 Å². The van der Waals surface area contributed by atoms with Gasteiger partial charge in [0, 0.05) is 12.3 Å². The third kappa shape index (κ3) is 3.35. The van der Waals surface area contributed by atoms with Crippen LogP contribution in [0, 0.1) is 56.7 Å². The molecule has 2 heteroatoms. The first-order valence-corrected chi connectivity index (χ1v) is 15.1. The summed E-state index contributed by atoms with van der Waals surface area (Å²) in [7, 11) is 0. The summed E-state index contributed by atoms with van der Waals surface area (Å²) in [5.41, 5.74) is 3.76. The van der Waals surface area contributed by atoms with E-state index in [0.717, 1.165) is 30.1 Å². The molecule has 0 N–H and O–H groups in total. The molecule has 0 bridgehead atoms. The van der Waals surface area contributed by atoms with Gasteiger partial charge in [-0.1, -0.05) is 60.1 Å². The Balaban J connectivity index is 1.39. The molecule has 5 saturated carbocycles. The molecular weight excluding hydrogens is 428 g/mol. The number of carbonyl (C=O) groups is 1. The highest BCUT2D eigenvalue weighted by Crippen LogP contribution is 2.89. The topological polar surface area (TPSA) is 26.3 Å². The fourth-order valence-electron chi connectivity index (χ4n) is 11.5. The molecule has 5 aliphatic carbocycles. The van der Waals surface area contributed by atoms with Gasteiger partial charge in [0.05, 0.1) is 0 Å². The molecule has 198 valence electrons. The largest absolute Gasteiger partial charge is 0.462 e. The van der Waals surface area contributed by atoms with E-state index >= 15 is 0 Å². The number of hydrogen-bond acceptors (Lipinski definition) is 2. The molecule has 0 amide bonds. The van der Waals surface area contributed by atoms with Crippen LogP contribution in [0.3, 0.4) is 0 Å². The van der Waals surface area contributed by atoms with E-state index in [2.05, 4.69) is 61.5 Å². The van der Waals surface area contributed by atoms with Gasteiger partial charge in [0.25, 0.3) is 0 Å². The number of carbonyl (C=O) groups excluding carboxylic acids is 1. The summed E-state index contributed by atoms with van der Waals surface area (Å²) in [6.07, 6.45) is 16.3. The predicted molar refractivity (Wildman–Crippen MR) is 145 cm³/mol. The molecule has 35 heavy (non-hydrogen) atoms. The average molecular weight is 483 g/mol. The quantitative estimate of drug-likeness (QED) is 0.289. The zero-order chi connectivity index (χ0) is 25.6. The summed E-state index contributed by atoms with van der Waals surface area (Å²) in [5, 5.41) is 0. The summed E-state index contributed by atoms with van der Waals surface area (Å²) < 4.78 is 5.91. The minimum absolute atomic E-state index is 0.0938. The first-order valence-electron chi connectivity index (χ1n) is 15.1. The van der Waals surface area contributed by atoms with Crippen LogP contribution in [0.1, 0.15) is 127 Å². The molecule has 0 radical (unpaired) electrons. The summed E-state index contributed by atoms with van der Waals surface area (Å²) >= 11 is 0. The number of allylic oxidation sites excluding steroid dienone is 2. The summed E-state index contributed by atoms with van der Waals surface area (Å²) in [6, 6.07) is 0. The maximum atomic E-state index is 11.9. The smallest absolute Gasteiger partial charge is 0.302 e. The number of fused-ring (bicyclic) bond motifs is 2. The normalized spacial score (nSPS) is 48.9. The zero-order valence-corrected chi connectivity index (χ0v) is 24.4. The Morgan fingerprint density at radius 3 is 2.17 bits per heavy atom. The lowest BCUT2D eigenvalue weighted by atomic mass is 9.41. The van der Waals surface area contributed by atoms with Gasteiger partial charge in [0.2, 0.25) is 0 Å². The highest BCUT2D eigenvalue weighted by atomic mass is 16.5. The van der Waals surface area contributed by atoms with E-state index in [0.29, 0.717) is 27.6 Å². The lowest BCUT2D eigenvalue weighted by molar-refractivity contribution is -0.181. The number of ether oxygens (including phenoxy) is 1. The van der Waals surface area contributed by atoms with E-state index in [1.165, 1.54) is 57.8 Å². The molecule has 0 aromatic rings. The second-order valence-corrected chi connectivity index (χ2v) is 15.4. The van der Waals surface area contributed by atoms with Crippen molar-refractivity contribution in [1.82, 2.24) is 0 Å². The molecule has 5 rings (SSSR count). The second kappa shape index (κ2) is 8.10. The maximum Gasteiger partial charge on any atom is 0.302 e. The van der Waals surface area contributed by atoms with Gasteiger partial charge >= 0.3 is 5.97 Å². The van der Waals surface area contributed by atoms with E-state index in [-0.39, 0.29) is 17.5 Å². The van der Waals surface area contributed by atoms with Crippen molar-refractivity contribution < 1.29 is 9.53 Å². The molecule has 2 spiro atoms. The molecule has 5 fully saturated rings. The molecular formula is C33H54O2. The molecule has 2 nitrogen and oxygen atoms in total. The molecule has 0 aliphatic heterocycles. The van der Waals surface area contributed by atoms with Gasteiger partial charge < -0.3 is 4.74 Å². The van der Waals surface area contributed by atoms with Crippen molar-refractivity contribution in [2.24, 2.45) is 56.7 Å². The summed E-state index contributed by atoms with van der Waals surface area (Å²) in [5.74, 6) is 3.84. The van der Waals surface area contributed by atoms with Crippen molar-refractivity contribution in [2.45, 2.75) is 133 Å². The average Bonchev–Trinajstić information content (AvgIpc) is 3.36. The van der Waals surface area contributed by atoms with E-state index in [4.69, 9.17) is 4.74 Å². The second-order valence-electron chi connectivity index (χ2n) is 15.4. The summed E-state index contributed by atoms with van der Waals surface area (Å²) in [6.45, 7) is 21.4. The molecule has 0 heterocycles. The van der Waals surface area contributed by atoms with Crippen molar-refractivity contribution in [3.8, 4) is 0 Å². The van der Waals surface area contributed by atoms with Crippen LogP contribution in [0.2, 0.25) is 0 Å². The third-order valence-electron chi connectivity index (χ3n) is 13.8. The Bertz CT molecular complexity index is 899. The van der Waals surface area contributed by atoms with Crippen molar-refractivity contribution in [1.29, 1.82) is 0 Å². The first kappa shape index (κ1) is 25.8. The number of rotatable bonds is 5. The molecule has 5 aliphatic rings. The Morgan fingerprint density at radius 2 is 1.51 bits per heavy atom. The molecule has 0 aromatic heterocycles. The number of esters is 1. The predicted octanol–water partition coefficient (Wildman–Crippen LogP) is 8.99. The Labute approximate surface area is 216 Å². The molecule has 0 saturated heterocycles. The van der Waals surface area contributed by atoms with Gasteiger partial charge in [-0.15, -0.1) is 0 Å². The number of hydrogen-bond donors (Lipinski definition) is 0. The van der Waals surface area contributed by atoms with E-state index < -0.39 is 0 Å². The standard InChI is InChI=1S/C33H54O2/c1-21(2)22(3)10-11-23(4)25-14-16-31(9)27-13-12-26-29(6,7)28(35-24(5)34)15-17-32(26)20-33(27,32)19-18-30(25,31)8/h10,21,23,25-28H,11-20H2,1-9H3/b22-10+. The molecule has 0 aromatic carbocycles. The van der Waals surface area contributed by atoms with E-state index in [1.807, 2.05) is 0 Å². The van der Waals surface area contributed by atoms with Crippen LogP contribution in [0.5, 0.6) is 0 Å². The van der Waals surface area contributed by atoms with E-state index in [9.17, 15) is 4.79 Å². The van der Waals surface area contributed by atoms with Crippen LogP contribution < -0.4 is 0 Å². The van der Waals surface area contributed by atoms with Crippen molar-refractivity contribution in [3.63, 3.8) is 0 Å². The Hall–Kier alpha value is -0.790. The van der Waals surface area contributed by atoms with Crippen LogP contribution in [0.4, 0.5) is 0 Å². The fraction of sp³-hybridized carbons (Fsp3) is 0.909. The van der Waals surface area contributed by atoms with Crippen molar-refractivity contribution >= 4 is 5.97 Å². The monoisotopic (exact) mass is 482 g/mol. The summed E-state index contributed by atoms with van der Waals surface area (Å²) in [4.78, 5) is 11.9. The van der Waals surface area contributed by atoms with Gasteiger partial charge in [0.15, 0.2) is 0 Å². The maximum absolute atomic E-state index is 11.9. The van der Waals surface area contributed by atoms with Gasteiger partial charge in [-0.05, 0) is 122 Å². The van der Waals surface area contributed by atoms with Crippen LogP contribution in [-0.2, 0) is 9.53 Å². The highest BCUT2D eigenvalue weighted by molar-refractivity contribution is 5.66. The highest BCUT2D eigenvalue weighted by Gasteiger charge is 2.82. The molecule has 9 atom stereocenters. The van der Waals surface area contributed by atoms with Crippen LogP contribution in [-0.4, -0.2) is 12.1 Å². The van der Waals surface area contributed by atoms with Gasteiger partial charge in [-0.25, -0.2) is 0 Å². The Kier molecular flexibility index (Phi) is 5.98. The fourth-order valence-corrected chi connectivity index (χ4v) is 11.5. The van der Waals surface area contributed by atoms with Gasteiger partial charge in [-0.2, -0.15) is 0 Å². The van der Waals surface area contributed by atoms with Gasteiger partial charge in [0.1, 0.15) is 6.10 Å². The lowest BCUT2D eigenvalue weighted by Gasteiger charge is -2.63. The van der Waals surface area contributed by atoms with Crippen molar-refractivity contribution in [2.75, 3.05) is 0 Å². The Morgan fingerprint density at radius 1 is 0.857 bits per heavy atom.